The van der Waals surface area contributed by atoms with E-state index in [-0.39, 0.29) is 0 Å². The Morgan fingerprint density at radius 3 is 2.00 bits per heavy atom. The van der Waals surface area contributed by atoms with Crippen LogP contribution in [0.3, 0.4) is 0 Å². The number of ether oxygens (including phenoxy) is 1. The molecule has 4 heteroatoms. The van der Waals surface area contributed by atoms with Crippen LogP contribution in [0.15, 0.2) is 11.7 Å². The van der Waals surface area contributed by atoms with Gasteiger partial charge in [-0.2, -0.15) is 8.78 Å². The van der Waals surface area contributed by atoms with E-state index in [1.54, 1.807) is 0 Å². The molecule has 0 aliphatic heterocycles. The van der Waals surface area contributed by atoms with Gasteiger partial charge in [-0.1, -0.05) is 0 Å². The van der Waals surface area contributed by atoms with Gasteiger partial charge in [-0.15, -0.1) is 0 Å². The topological polar surface area (TPSA) is 26.3 Å². The van der Waals surface area contributed by atoms with Gasteiger partial charge < -0.3 is 4.74 Å². The zero-order valence-electron chi connectivity index (χ0n) is 5.07. The van der Waals surface area contributed by atoms with E-state index in [2.05, 4.69) is 4.74 Å². The molecule has 0 heterocycles. The molecule has 0 spiro atoms. The van der Waals surface area contributed by atoms with Crippen LogP contribution in [0.4, 0.5) is 8.78 Å². The summed E-state index contributed by atoms with van der Waals surface area (Å²) in [5.74, 6) is -0.991. The van der Waals surface area contributed by atoms with Crippen molar-refractivity contribution in [2.24, 2.45) is 0 Å². The molecule has 0 aromatic rings. The Bertz CT molecular complexity index is 147. The second-order valence-corrected chi connectivity index (χ2v) is 1.38. The minimum absolute atomic E-state index is 0.641. The molecule has 0 saturated carbocycles. The molecule has 0 rings (SSSR count). The normalized spacial score (nSPS) is 8.44. The molecule has 0 N–H and O–H groups in total. The Kier molecular flexibility index (Phi) is 2.84. The highest BCUT2D eigenvalue weighted by atomic mass is 19.3. The van der Waals surface area contributed by atoms with E-state index in [1.165, 1.54) is 0 Å². The van der Waals surface area contributed by atoms with Gasteiger partial charge in [0.2, 0.25) is 0 Å². The number of hydrogen-bond donors (Lipinski definition) is 0. The first-order chi connectivity index (χ1) is 4.09. The summed E-state index contributed by atoms with van der Waals surface area (Å²) in [4.78, 5) is 10.2. The summed E-state index contributed by atoms with van der Waals surface area (Å²) in [5, 5.41) is 0. The standard InChI is InChI=1S/C5H6F2O2/c1-3(4(6)7)5(8)9-2/h1-2H3. The van der Waals surface area contributed by atoms with E-state index >= 15 is 0 Å². The molecule has 0 aromatic heterocycles. The van der Waals surface area contributed by atoms with E-state index in [0.29, 0.717) is 0 Å². The van der Waals surface area contributed by atoms with Crippen LogP contribution in [0, 0.1) is 0 Å². The third kappa shape index (κ3) is 2.21. The number of esters is 1. The highest BCUT2D eigenvalue weighted by Crippen LogP contribution is 2.07. The lowest BCUT2D eigenvalue weighted by Gasteiger charge is -1.94. The van der Waals surface area contributed by atoms with Gasteiger partial charge >= 0.3 is 5.97 Å². The lowest BCUT2D eigenvalue weighted by molar-refractivity contribution is -0.136. The second-order valence-electron chi connectivity index (χ2n) is 1.38. The van der Waals surface area contributed by atoms with Crippen molar-refractivity contribution in [3.05, 3.63) is 11.7 Å². The molecular formula is C5H6F2O2. The highest BCUT2D eigenvalue weighted by molar-refractivity contribution is 5.87. The Balaban J connectivity index is 4.21. The summed E-state index contributed by atoms with van der Waals surface area (Å²) in [5.41, 5.74) is -0.641. The molecule has 0 aliphatic rings. The number of carbonyl (C=O) groups excluding carboxylic acids is 1. The maximum Gasteiger partial charge on any atom is 0.338 e. The van der Waals surface area contributed by atoms with Crippen molar-refractivity contribution in [2.75, 3.05) is 7.11 Å². The number of hydrogen-bond acceptors (Lipinski definition) is 2. The molecule has 9 heavy (non-hydrogen) atoms. The zero-order chi connectivity index (χ0) is 7.44. The predicted octanol–water partition coefficient (Wildman–Crippen LogP) is 1.33. The summed E-state index contributed by atoms with van der Waals surface area (Å²) in [6, 6.07) is 0. The molecule has 2 nitrogen and oxygen atoms in total. The van der Waals surface area contributed by atoms with Gasteiger partial charge in [0.05, 0.1) is 12.7 Å². The SMILES string of the molecule is COC(=O)C(C)=C(F)F. The molecule has 0 amide bonds. The average molecular weight is 136 g/mol. The zero-order valence-corrected chi connectivity index (χ0v) is 5.07. The fourth-order valence-electron chi connectivity index (χ4n) is 0.230. The van der Waals surface area contributed by atoms with Gasteiger partial charge in [-0.25, -0.2) is 4.79 Å². The summed E-state index contributed by atoms with van der Waals surface area (Å²) in [7, 11) is 1.05. The Hall–Kier alpha value is -0.930. The molecule has 0 unspecified atom stereocenters. The number of methoxy groups -OCH3 is 1. The van der Waals surface area contributed by atoms with Gasteiger partial charge in [-0.3, -0.25) is 0 Å². The quantitative estimate of drug-likeness (QED) is 0.401. The van der Waals surface area contributed by atoms with E-state index in [1.807, 2.05) is 0 Å². The van der Waals surface area contributed by atoms with Crippen LogP contribution in [0.2, 0.25) is 0 Å². The van der Waals surface area contributed by atoms with Crippen LogP contribution in [0.5, 0.6) is 0 Å². The van der Waals surface area contributed by atoms with Crippen LogP contribution in [-0.4, -0.2) is 13.1 Å². The van der Waals surface area contributed by atoms with Crippen molar-refractivity contribution in [3.63, 3.8) is 0 Å². The number of rotatable bonds is 1. The van der Waals surface area contributed by atoms with Crippen LogP contribution in [-0.2, 0) is 9.53 Å². The predicted molar refractivity (Wildman–Crippen MR) is 26.9 cm³/mol. The van der Waals surface area contributed by atoms with Crippen molar-refractivity contribution in [3.8, 4) is 0 Å². The smallest absolute Gasteiger partial charge is 0.338 e. The largest absolute Gasteiger partial charge is 0.466 e. The lowest BCUT2D eigenvalue weighted by atomic mass is 10.3. The third-order valence-corrected chi connectivity index (χ3v) is 0.775. The number of carbonyl (C=O) groups is 1. The molecule has 0 fully saturated rings. The monoisotopic (exact) mass is 136 g/mol. The van der Waals surface area contributed by atoms with Crippen molar-refractivity contribution < 1.29 is 18.3 Å². The third-order valence-electron chi connectivity index (χ3n) is 0.775. The molecule has 0 bridgehead atoms. The fourth-order valence-corrected chi connectivity index (χ4v) is 0.230. The summed E-state index contributed by atoms with van der Waals surface area (Å²) in [6.07, 6.45) is -2.00. The van der Waals surface area contributed by atoms with Crippen LogP contribution in [0.1, 0.15) is 6.92 Å². The fraction of sp³-hybridized carbons (Fsp3) is 0.400. The first-order valence-corrected chi connectivity index (χ1v) is 2.19. The van der Waals surface area contributed by atoms with Crippen molar-refractivity contribution in [1.29, 1.82) is 0 Å². The average Bonchev–Trinajstić information content (AvgIpc) is 1.84. The van der Waals surface area contributed by atoms with E-state index in [4.69, 9.17) is 0 Å². The summed E-state index contributed by atoms with van der Waals surface area (Å²) < 4.78 is 26.9. The van der Waals surface area contributed by atoms with Crippen molar-refractivity contribution in [2.45, 2.75) is 6.92 Å². The molecular weight excluding hydrogens is 130 g/mol. The van der Waals surface area contributed by atoms with Crippen LogP contribution < -0.4 is 0 Å². The Labute approximate surface area is 51.1 Å². The molecule has 0 saturated heterocycles. The van der Waals surface area contributed by atoms with Gasteiger partial charge in [0, 0.05) is 0 Å². The van der Waals surface area contributed by atoms with Gasteiger partial charge in [0.25, 0.3) is 6.08 Å². The Morgan fingerprint density at radius 1 is 1.44 bits per heavy atom. The van der Waals surface area contributed by atoms with Gasteiger partial charge in [-0.05, 0) is 6.92 Å². The van der Waals surface area contributed by atoms with Gasteiger partial charge in [0.1, 0.15) is 0 Å². The summed E-state index contributed by atoms with van der Waals surface area (Å²) in [6.45, 7) is 1.00. The van der Waals surface area contributed by atoms with Crippen LogP contribution >= 0.6 is 0 Å². The first kappa shape index (κ1) is 8.07. The van der Waals surface area contributed by atoms with Crippen molar-refractivity contribution in [1.82, 2.24) is 0 Å². The van der Waals surface area contributed by atoms with E-state index < -0.39 is 17.6 Å². The van der Waals surface area contributed by atoms with E-state index in [9.17, 15) is 13.6 Å². The number of halogens is 2. The highest BCUT2D eigenvalue weighted by Gasteiger charge is 2.09. The maximum atomic E-state index is 11.4. The molecule has 0 atom stereocenters. The molecule has 0 radical (unpaired) electrons. The summed E-state index contributed by atoms with van der Waals surface area (Å²) >= 11 is 0. The lowest BCUT2D eigenvalue weighted by Crippen LogP contribution is -2.01. The molecule has 0 aromatic carbocycles. The molecule has 0 aliphatic carbocycles. The second kappa shape index (κ2) is 3.17. The Morgan fingerprint density at radius 2 is 1.89 bits per heavy atom. The minimum atomic E-state index is -2.00. The molecule has 52 valence electrons. The minimum Gasteiger partial charge on any atom is -0.466 e. The van der Waals surface area contributed by atoms with Crippen LogP contribution in [0.25, 0.3) is 0 Å². The van der Waals surface area contributed by atoms with E-state index in [0.717, 1.165) is 14.0 Å². The maximum absolute atomic E-state index is 11.4. The van der Waals surface area contributed by atoms with Gasteiger partial charge in [0.15, 0.2) is 0 Å². The first-order valence-electron chi connectivity index (χ1n) is 2.19. The van der Waals surface area contributed by atoms with Crippen molar-refractivity contribution >= 4 is 5.97 Å².